The van der Waals surface area contributed by atoms with Crippen molar-refractivity contribution in [2.75, 3.05) is 12.3 Å². The van der Waals surface area contributed by atoms with Crippen molar-refractivity contribution < 1.29 is 14.0 Å². The van der Waals surface area contributed by atoms with E-state index >= 15 is 0 Å². The van der Waals surface area contributed by atoms with Crippen LogP contribution >= 0.6 is 11.8 Å². The van der Waals surface area contributed by atoms with Gasteiger partial charge in [0.1, 0.15) is 11.9 Å². The highest BCUT2D eigenvalue weighted by Crippen LogP contribution is 2.17. The first-order valence-electron chi connectivity index (χ1n) is 10.3. The minimum Gasteiger partial charge on any atom is -0.354 e. The number of nitrogens with zero attached hydrogens (tertiary/aromatic N) is 1. The van der Waals surface area contributed by atoms with Crippen LogP contribution in [0.2, 0.25) is 0 Å². The van der Waals surface area contributed by atoms with Crippen molar-refractivity contribution in [3.63, 3.8) is 0 Å². The fourth-order valence-corrected chi connectivity index (χ4v) is 3.91. The number of amides is 2. The molecule has 0 heterocycles. The molecule has 2 aromatic carbocycles. The molecule has 0 unspecified atom stereocenters. The molecule has 0 spiro atoms. The third-order valence-electron chi connectivity index (χ3n) is 4.67. The summed E-state index contributed by atoms with van der Waals surface area (Å²) in [7, 11) is 0. The van der Waals surface area contributed by atoms with E-state index in [2.05, 4.69) is 5.32 Å². The van der Waals surface area contributed by atoms with Gasteiger partial charge in [-0.25, -0.2) is 4.39 Å². The predicted octanol–water partition coefficient (Wildman–Crippen LogP) is 4.64. The molecule has 0 saturated heterocycles. The lowest BCUT2D eigenvalue weighted by molar-refractivity contribution is -0.139. The van der Waals surface area contributed by atoms with E-state index in [1.54, 1.807) is 17.0 Å². The predicted molar refractivity (Wildman–Crippen MR) is 121 cm³/mol. The highest BCUT2D eigenvalue weighted by Gasteiger charge is 2.28. The van der Waals surface area contributed by atoms with Gasteiger partial charge in [0.2, 0.25) is 11.8 Å². The lowest BCUT2D eigenvalue weighted by Crippen LogP contribution is -2.50. The van der Waals surface area contributed by atoms with Gasteiger partial charge in [0.05, 0.1) is 5.75 Å². The zero-order valence-corrected chi connectivity index (χ0v) is 18.8. The Kier molecular flexibility index (Phi) is 9.87. The first-order valence-corrected chi connectivity index (χ1v) is 11.5. The number of benzene rings is 2. The van der Waals surface area contributed by atoms with Crippen LogP contribution in [0.4, 0.5) is 4.39 Å². The van der Waals surface area contributed by atoms with Gasteiger partial charge in [-0.15, -0.1) is 11.8 Å². The Bertz CT molecular complexity index is 797. The molecule has 30 heavy (non-hydrogen) atoms. The highest BCUT2D eigenvalue weighted by atomic mass is 32.2. The van der Waals surface area contributed by atoms with Crippen LogP contribution in [0.3, 0.4) is 0 Å². The number of carbonyl (C=O) groups is 2. The monoisotopic (exact) mass is 430 g/mol. The van der Waals surface area contributed by atoms with Crippen molar-refractivity contribution >= 4 is 23.6 Å². The lowest BCUT2D eigenvalue weighted by atomic mass is 10.1. The Hall–Kier alpha value is -2.34. The number of carbonyl (C=O) groups excluding carboxylic acids is 2. The topological polar surface area (TPSA) is 49.4 Å². The molecule has 0 saturated carbocycles. The van der Waals surface area contributed by atoms with E-state index in [9.17, 15) is 14.0 Å². The van der Waals surface area contributed by atoms with E-state index < -0.39 is 6.04 Å². The molecule has 2 amide bonds. The third-order valence-corrected chi connectivity index (χ3v) is 5.66. The second-order valence-electron chi connectivity index (χ2n) is 7.69. The maximum Gasteiger partial charge on any atom is 0.242 e. The Balaban J connectivity index is 2.07. The van der Waals surface area contributed by atoms with E-state index in [4.69, 9.17) is 0 Å². The van der Waals surface area contributed by atoms with Gasteiger partial charge in [-0.1, -0.05) is 63.2 Å². The highest BCUT2D eigenvalue weighted by molar-refractivity contribution is 7.99. The molecule has 162 valence electrons. The van der Waals surface area contributed by atoms with Crippen LogP contribution in [0.15, 0.2) is 54.6 Å². The molecule has 2 aromatic rings. The normalized spacial score (nSPS) is 11.9. The number of thioether (sulfide) groups is 1. The van der Waals surface area contributed by atoms with Gasteiger partial charge < -0.3 is 10.2 Å². The van der Waals surface area contributed by atoms with Crippen LogP contribution in [0.25, 0.3) is 0 Å². The molecule has 0 fully saturated rings. The summed E-state index contributed by atoms with van der Waals surface area (Å²) < 4.78 is 13.1. The van der Waals surface area contributed by atoms with Crippen molar-refractivity contribution in [1.82, 2.24) is 10.2 Å². The zero-order chi connectivity index (χ0) is 21.9. The van der Waals surface area contributed by atoms with Crippen molar-refractivity contribution in [2.45, 2.75) is 45.5 Å². The van der Waals surface area contributed by atoms with Gasteiger partial charge >= 0.3 is 0 Å². The summed E-state index contributed by atoms with van der Waals surface area (Å²) in [5, 5.41) is 2.97. The number of nitrogens with one attached hydrogen (secondary N) is 1. The van der Waals surface area contributed by atoms with Crippen molar-refractivity contribution in [2.24, 2.45) is 5.92 Å². The molecule has 4 nitrogen and oxygen atoms in total. The zero-order valence-electron chi connectivity index (χ0n) is 17.9. The summed E-state index contributed by atoms with van der Waals surface area (Å²) in [4.78, 5) is 27.6. The molecule has 1 N–H and O–H groups in total. The minimum absolute atomic E-state index is 0.0717. The Morgan fingerprint density at radius 3 is 2.30 bits per heavy atom. The number of hydrogen-bond acceptors (Lipinski definition) is 3. The van der Waals surface area contributed by atoms with E-state index in [-0.39, 0.29) is 23.4 Å². The van der Waals surface area contributed by atoms with Crippen LogP contribution in [-0.2, 0) is 21.9 Å². The maximum atomic E-state index is 13.1. The molecule has 1 atom stereocenters. The van der Waals surface area contributed by atoms with Crippen molar-refractivity contribution in [3.8, 4) is 0 Å². The summed E-state index contributed by atoms with van der Waals surface area (Å²) in [5.41, 5.74) is 1.95. The summed E-state index contributed by atoms with van der Waals surface area (Å²) in [6, 6.07) is 15.5. The lowest BCUT2D eigenvalue weighted by Gasteiger charge is -2.31. The van der Waals surface area contributed by atoms with Gasteiger partial charge in [0, 0.05) is 18.8 Å². The summed E-state index contributed by atoms with van der Waals surface area (Å²) in [6.07, 6.45) is 0.547. The molecule has 6 heteroatoms. The number of rotatable bonds is 11. The van der Waals surface area contributed by atoms with Crippen molar-refractivity contribution in [3.05, 3.63) is 71.5 Å². The van der Waals surface area contributed by atoms with E-state index in [0.29, 0.717) is 31.2 Å². The minimum atomic E-state index is -0.511. The van der Waals surface area contributed by atoms with Crippen LogP contribution in [0.5, 0.6) is 0 Å². The molecule has 0 aromatic heterocycles. The first-order chi connectivity index (χ1) is 14.4. The molecular weight excluding hydrogens is 399 g/mol. The quantitative estimate of drug-likeness (QED) is 0.565. The first kappa shape index (κ1) is 23.9. The second kappa shape index (κ2) is 12.4. The van der Waals surface area contributed by atoms with Crippen molar-refractivity contribution in [1.29, 1.82) is 0 Å². The molecule has 0 bridgehead atoms. The molecule has 2 rings (SSSR count). The molecular formula is C24H31FN2O2S. The Morgan fingerprint density at radius 2 is 1.70 bits per heavy atom. The summed E-state index contributed by atoms with van der Waals surface area (Å²) in [6.45, 7) is 6.99. The summed E-state index contributed by atoms with van der Waals surface area (Å²) in [5.74, 6) is 0.763. The number of halogens is 1. The van der Waals surface area contributed by atoms with E-state index in [0.717, 1.165) is 11.1 Å². The van der Waals surface area contributed by atoms with Gasteiger partial charge in [-0.2, -0.15) is 0 Å². The third kappa shape index (κ3) is 7.82. The van der Waals surface area contributed by atoms with Gasteiger partial charge in [-0.05, 0) is 35.6 Å². The van der Waals surface area contributed by atoms with Gasteiger partial charge in [0.15, 0.2) is 0 Å². The maximum absolute atomic E-state index is 13.1. The number of hydrogen-bond donors (Lipinski definition) is 1. The molecule has 0 radical (unpaired) electrons. The molecule has 0 aliphatic rings. The smallest absolute Gasteiger partial charge is 0.242 e. The average Bonchev–Trinajstić information content (AvgIpc) is 2.74. The van der Waals surface area contributed by atoms with E-state index in [1.807, 2.05) is 51.1 Å². The average molecular weight is 431 g/mol. The summed E-state index contributed by atoms with van der Waals surface area (Å²) >= 11 is 1.47. The second-order valence-corrected chi connectivity index (χ2v) is 8.68. The molecule has 0 aliphatic heterocycles. The van der Waals surface area contributed by atoms with E-state index in [1.165, 1.54) is 23.9 Å². The Labute approximate surface area is 183 Å². The SMILES string of the molecule is CC[C@@H](C(=O)NCC(C)C)N(Cc1ccccc1)C(=O)CSCc1ccc(F)cc1. The Morgan fingerprint density at radius 1 is 1.03 bits per heavy atom. The largest absolute Gasteiger partial charge is 0.354 e. The van der Waals surface area contributed by atoms with Gasteiger partial charge in [-0.3, -0.25) is 9.59 Å². The fraction of sp³-hybridized carbons (Fsp3) is 0.417. The van der Waals surface area contributed by atoms with Crippen LogP contribution < -0.4 is 5.32 Å². The standard InChI is InChI=1S/C24H31FN2O2S/c1-4-22(24(29)26-14-18(2)3)27(15-19-8-6-5-7-9-19)23(28)17-30-16-20-10-12-21(25)13-11-20/h5-13,18,22H,4,14-17H2,1-3H3,(H,26,29)/t22-/m0/s1. The van der Waals surface area contributed by atoms with Gasteiger partial charge in [0.25, 0.3) is 0 Å². The van der Waals surface area contributed by atoms with Crippen LogP contribution in [0.1, 0.15) is 38.3 Å². The van der Waals surface area contributed by atoms with Crippen LogP contribution in [-0.4, -0.2) is 35.1 Å². The van der Waals surface area contributed by atoms with Crippen LogP contribution in [0, 0.1) is 11.7 Å². The fourth-order valence-electron chi connectivity index (χ4n) is 3.04. The molecule has 0 aliphatic carbocycles.